The molecule has 0 radical (unpaired) electrons. The largest absolute Gasteiger partial charge is 0.180 e. The summed E-state index contributed by atoms with van der Waals surface area (Å²) >= 11 is 9.69. The second-order valence-electron chi connectivity index (χ2n) is 23.3. The topological polar surface area (TPSA) is 0 Å². The Morgan fingerprint density at radius 1 is 0.391 bits per heavy atom. The van der Waals surface area contributed by atoms with Crippen molar-refractivity contribution in [2.24, 2.45) is 0 Å². The first kappa shape index (κ1) is 43.8. The lowest BCUT2D eigenvalue weighted by atomic mass is 9.88. The summed E-state index contributed by atoms with van der Waals surface area (Å²) in [5, 5.41) is 0.473. The minimum atomic E-state index is -2.19. The summed E-state index contributed by atoms with van der Waals surface area (Å²) < 4.78 is 0. The quantitative estimate of drug-likeness (QED) is 0.176. The van der Waals surface area contributed by atoms with E-state index in [9.17, 15) is 0 Å². The normalized spacial score (nSPS) is 31.3. The van der Waals surface area contributed by atoms with Gasteiger partial charge in [0.1, 0.15) is 0 Å². The fraction of sp³-hybridized carbons (Fsp3) is 0.778. The summed E-state index contributed by atoms with van der Waals surface area (Å²) in [7, 11) is -10.8. The van der Waals surface area contributed by atoms with Crippen molar-refractivity contribution in [2.45, 2.75) is 180 Å². The Kier molecular flexibility index (Phi) is 11.5. The highest BCUT2D eigenvalue weighted by Crippen LogP contribution is 2.75. The van der Waals surface area contributed by atoms with E-state index in [2.05, 4.69) is 184 Å². The molecule has 2 aliphatic rings. The molecule has 2 rings (SSSR count). The van der Waals surface area contributed by atoms with E-state index in [0.717, 1.165) is 0 Å². The van der Waals surface area contributed by atoms with Crippen LogP contribution < -0.4 is 0 Å². The van der Waals surface area contributed by atoms with Crippen LogP contribution in [-0.4, -0.2) is 61.8 Å². The molecule has 10 heteroatoms. The Morgan fingerprint density at radius 3 is 0.630 bits per heavy atom. The van der Waals surface area contributed by atoms with Gasteiger partial charge in [-0.15, -0.1) is 30.6 Å². The molecule has 2 heterocycles. The van der Waals surface area contributed by atoms with Crippen LogP contribution in [0.1, 0.15) is 41.5 Å². The highest BCUT2D eigenvalue weighted by atomic mass is 79.9. The van der Waals surface area contributed by atoms with Crippen molar-refractivity contribution in [1.82, 2.24) is 0 Å². The summed E-state index contributed by atoms with van der Waals surface area (Å²) in [5.41, 5.74) is 0. The van der Waals surface area contributed by atoms with E-state index in [1.807, 2.05) is 19.3 Å². The minimum Gasteiger partial charge on any atom is -0.115 e. The molecule has 0 spiro atoms. The molecule has 0 aliphatic carbocycles. The fourth-order valence-electron chi connectivity index (χ4n) is 8.82. The first-order chi connectivity index (χ1) is 19.6. The van der Waals surface area contributed by atoms with Crippen molar-refractivity contribution in [3.8, 4) is 0 Å². The Hall–Kier alpha value is 1.66. The van der Waals surface area contributed by atoms with E-state index in [-0.39, 0.29) is 20.2 Å². The fourth-order valence-corrected chi connectivity index (χ4v) is 71.6. The molecule has 0 amide bonds. The van der Waals surface area contributed by atoms with Crippen LogP contribution in [0.3, 0.4) is 0 Å². The Bertz CT molecular complexity index is 1160. The monoisotopic (exact) mass is 890 g/mol. The highest BCUT2D eigenvalue weighted by molar-refractivity contribution is 9.27. The maximum absolute atomic E-state index is 4.84. The van der Waals surface area contributed by atoms with E-state index < -0.39 is 61.8 Å². The van der Waals surface area contributed by atoms with Crippen LogP contribution in [0.5, 0.6) is 0 Å². The van der Waals surface area contributed by atoms with Crippen LogP contribution >= 0.6 is 30.6 Å². The van der Waals surface area contributed by atoms with Gasteiger partial charge in [0.15, 0.2) is 13.4 Å². The van der Waals surface area contributed by atoms with Gasteiger partial charge >= 0.3 is 0 Å². The molecule has 2 aliphatic heterocycles. The van der Waals surface area contributed by atoms with E-state index in [1.165, 1.54) is 0 Å². The highest BCUT2D eigenvalue weighted by Gasteiger charge is 2.68. The van der Waals surface area contributed by atoms with Crippen molar-refractivity contribution < 1.29 is 0 Å². The smallest absolute Gasteiger partial charge is 0.115 e. The van der Waals surface area contributed by atoms with Crippen LogP contribution in [0, 0.1) is 0 Å². The molecule has 0 nitrogen and oxygen atoms in total. The summed E-state index contributed by atoms with van der Waals surface area (Å²) in [5.74, 6) is 0. The van der Waals surface area contributed by atoms with Crippen molar-refractivity contribution in [3.63, 3.8) is 0 Å². The number of hydrogen-bond acceptors (Lipinski definition) is 0. The van der Waals surface area contributed by atoms with Crippen LogP contribution in [0.25, 0.3) is 0 Å². The van der Waals surface area contributed by atoms with Gasteiger partial charge in [-0.2, -0.15) is 0 Å². The molecule has 0 atom stereocenters. The van der Waals surface area contributed by atoms with Crippen molar-refractivity contribution in [1.29, 1.82) is 0 Å². The average Bonchev–Trinajstić information content (AvgIpc) is 2.73. The van der Waals surface area contributed by atoms with Gasteiger partial charge in [0.2, 0.25) is 0 Å². The van der Waals surface area contributed by atoms with Gasteiger partial charge in [-0.3, -0.25) is 0 Å². The van der Waals surface area contributed by atoms with Gasteiger partial charge < -0.3 is 0 Å². The molecule has 0 aromatic rings. The van der Waals surface area contributed by atoms with E-state index in [4.69, 9.17) is 30.6 Å². The predicted octanol–water partition coefficient (Wildman–Crippen LogP) is 14.8. The molecule has 46 heavy (non-hydrogen) atoms. The van der Waals surface area contributed by atoms with Crippen LogP contribution in [0.15, 0.2) is 43.6 Å². The molecule has 0 aromatic heterocycles. The molecule has 266 valence electrons. The minimum absolute atomic E-state index is 0.0294. The standard InChI is InChI=1S/C36H76Br2Si8/c1-33(2,3)45(37)29(39(7,8)9)25-35(43(19,20)21,26-30(45)40(10,11)12)36(44(22,23)24)27-31(41(13,14)15)46(38,34(4,5)6)32(28-36)42(16,17)18/h25-28H,1-24H3. The number of hydrogen-bond donors (Lipinski definition) is 0. The lowest BCUT2D eigenvalue weighted by Crippen LogP contribution is -2.64. The summed E-state index contributed by atoms with van der Waals surface area (Å²) in [6.45, 7) is 59.5. The van der Waals surface area contributed by atoms with E-state index in [0.29, 0.717) is 0 Å². The van der Waals surface area contributed by atoms with Crippen molar-refractivity contribution >= 4 is 92.4 Å². The molecular weight excluding hydrogens is 817 g/mol. The number of halogens is 2. The maximum Gasteiger partial charge on any atom is 0.180 e. The SMILES string of the molecule is CC(C)(C)[Si]1(Br)C([Si](C)(C)C)=CC(C2([Si](C)(C)C)C=C([Si](C)(C)C)[Si](Br)(C(C)(C)C)C([Si](C)(C)C)=C2)([Si](C)(C)C)C=C1[Si](C)(C)C. The first-order valence-electron chi connectivity index (χ1n) is 17.9. The summed E-state index contributed by atoms with van der Waals surface area (Å²) in [6.07, 6.45) is 12.3. The predicted molar refractivity (Wildman–Crippen MR) is 247 cm³/mol. The lowest BCUT2D eigenvalue weighted by Gasteiger charge is -2.66. The van der Waals surface area contributed by atoms with Crippen molar-refractivity contribution in [2.75, 3.05) is 0 Å². The van der Waals surface area contributed by atoms with Crippen molar-refractivity contribution in [3.05, 3.63) is 43.6 Å². The molecular formula is C36H76Br2Si8. The number of allylic oxidation sites excluding steroid dienone is 4. The van der Waals surface area contributed by atoms with Gasteiger partial charge in [-0.05, 0) is 10.1 Å². The Labute approximate surface area is 312 Å². The van der Waals surface area contributed by atoms with Gasteiger partial charge in [0.25, 0.3) is 0 Å². The molecule has 0 saturated heterocycles. The number of rotatable bonds is 7. The van der Waals surface area contributed by atoms with Crippen LogP contribution in [-0.2, 0) is 0 Å². The average molecular weight is 893 g/mol. The molecule has 0 N–H and O–H groups in total. The third-order valence-electron chi connectivity index (χ3n) is 11.4. The zero-order valence-electron chi connectivity index (χ0n) is 35.1. The van der Waals surface area contributed by atoms with Gasteiger partial charge in [-0.1, -0.05) is 203 Å². The second-order valence-corrected chi connectivity index (χ2v) is 71.0. The zero-order chi connectivity index (χ0) is 37.1. The Balaban J connectivity index is 3.66. The van der Waals surface area contributed by atoms with Gasteiger partial charge in [0, 0.05) is 10.1 Å². The molecule has 0 unspecified atom stereocenters. The van der Waals surface area contributed by atoms with Gasteiger partial charge in [0.05, 0.1) is 48.4 Å². The van der Waals surface area contributed by atoms with E-state index in [1.54, 1.807) is 0 Å². The lowest BCUT2D eigenvalue weighted by molar-refractivity contribution is 0.649. The molecule has 0 aromatic carbocycles. The third kappa shape index (κ3) is 6.93. The van der Waals surface area contributed by atoms with Crippen LogP contribution in [0.4, 0.5) is 0 Å². The molecule has 0 bridgehead atoms. The molecule has 0 saturated carbocycles. The first-order valence-corrected chi connectivity index (χ1v) is 47.5. The van der Waals surface area contributed by atoms with E-state index >= 15 is 0 Å². The van der Waals surface area contributed by atoms with Gasteiger partial charge in [-0.25, -0.2) is 0 Å². The summed E-state index contributed by atoms with van der Waals surface area (Å²) in [4.78, 5) is 7.62. The second kappa shape index (κ2) is 12.1. The van der Waals surface area contributed by atoms with Crippen LogP contribution in [0.2, 0.25) is 138 Å². The summed E-state index contributed by atoms with van der Waals surface area (Å²) in [6, 6.07) is 0. The zero-order valence-corrected chi connectivity index (χ0v) is 46.2. The maximum atomic E-state index is 4.84. The molecule has 0 fully saturated rings. The third-order valence-corrected chi connectivity index (χ3v) is 62.9. The Morgan fingerprint density at radius 2 is 0.543 bits per heavy atom.